The Balaban J connectivity index is 1.60. The van der Waals surface area contributed by atoms with Gasteiger partial charge in [-0.15, -0.1) is 0 Å². The number of fused-ring (bicyclic) bond motifs is 2. The molecule has 3 aromatic carbocycles. The lowest BCUT2D eigenvalue weighted by atomic mass is 9.71. The van der Waals surface area contributed by atoms with Crippen molar-refractivity contribution in [1.82, 2.24) is 0 Å². The summed E-state index contributed by atoms with van der Waals surface area (Å²) in [5.74, 6) is -3.03. The number of aryl methyl sites for hydroxylation is 1. The van der Waals surface area contributed by atoms with Crippen molar-refractivity contribution in [2.24, 2.45) is 0 Å². The van der Waals surface area contributed by atoms with Gasteiger partial charge in [0.05, 0.1) is 16.7 Å². The van der Waals surface area contributed by atoms with Gasteiger partial charge in [-0.05, 0) is 47.9 Å². The molecule has 0 unspecified atom stereocenters. The molecule has 5 N–H and O–H groups in total. The minimum atomic E-state index is -1.77. The predicted molar refractivity (Wildman–Crippen MR) is 125 cm³/mol. The lowest BCUT2D eigenvalue weighted by molar-refractivity contribution is -0.282. The minimum Gasteiger partial charge on any atom is -0.507 e. The van der Waals surface area contributed by atoms with E-state index in [1.54, 1.807) is 37.3 Å². The monoisotopic (exact) mass is 492 g/mol. The molecule has 1 heterocycles. The standard InChI is InChI=1S/C27H24O9/c1-12-10-15-18(14-8-5-9-16(28)19(14)21(30)20(15)17(29)11-12)25-23(32)22(31)24(33)27(35-25)36-26(34)13-6-3-2-4-7-13/h2-11,18,22-25,27-29,31-33H,1H3/t18-,22-,23-,24-,25+,27+/m0/s1. The number of aliphatic hydroxyl groups excluding tert-OH is 3. The molecule has 186 valence electrons. The molecule has 0 bridgehead atoms. The number of hydrogen-bond acceptors (Lipinski definition) is 9. The highest BCUT2D eigenvalue weighted by molar-refractivity contribution is 6.16. The van der Waals surface area contributed by atoms with E-state index < -0.39 is 48.4 Å². The third-order valence-electron chi connectivity index (χ3n) is 6.66. The number of ketones is 1. The molecule has 1 aliphatic carbocycles. The number of phenols is 2. The Morgan fingerprint density at radius 3 is 2.25 bits per heavy atom. The fourth-order valence-corrected chi connectivity index (χ4v) is 4.99. The molecule has 0 aromatic heterocycles. The Bertz CT molecular complexity index is 1340. The maximum atomic E-state index is 13.3. The zero-order valence-corrected chi connectivity index (χ0v) is 19.1. The Morgan fingerprint density at radius 1 is 0.833 bits per heavy atom. The van der Waals surface area contributed by atoms with Crippen LogP contribution in [0.25, 0.3) is 0 Å². The van der Waals surface area contributed by atoms with Crippen molar-refractivity contribution < 1.29 is 44.6 Å². The van der Waals surface area contributed by atoms with Crippen LogP contribution in [0.5, 0.6) is 11.5 Å². The molecule has 3 aromatic rings. The van der Waals surface area contributed by atoms with E-state index >= 15 is 0 Å². The van der Waals surface area contributed by atoms with E-state index in [-0.39, 0.29) is 28.2 Å². The summed E-state index contributed by atoms with van der Waals surface area (Å²) in [7, 11) is 0. The van der Waals surface area contributed by atoms with Crippen LogP contribution >= 0.6 is 0 Å². The highest BCUT2D eigenvalue weighted by Gasteiger charge is 2.51. The number of aromatic hydroxyl groups is 2. The number of carbonyl (C=O) groups is 2. The number of carbonyl (C=O) groups excluding carboxylic acids is 2. The van der Waals surface area contributed by atoms with Crippen LogP contribution in [-0.2, 0) is 9.47 Å². The van der Waals surface area contributed by atoms with Gasteiger partial charge in [0.25, 0.3) is 0 Å². The van der Waals surface area contributed by atoms with E-state index in [1.807, 2.05) is 0 Å². The van der Waals surface area contributed by atoms with Crippen LogP contribution in [0.2, 0.25) is 0 Å². The van der Waals surface area contributed by atoms with Crippen LogP contribution in [0, 0.1) is 6.92 Å². The minimum absolute atomic E-state index is 0.0751. The molecular formula is C27H24O9. The van der Waals surface area contributed by atoms with Gasteiger partial charge in [0.1, 0.15) is 35.9 Å². The van der Waals surface area contributed by atoms with E-state index in [2.05, 4.69) is 0 Å². The second-order valence-electron chi connectivity index (χ2n) is 9.01. The Kier molecular flexibility index (Phi) is 6.01. The molecule has 6 atom stereocenters. The Labute approximate surface area is 205 Å². The number of benzene rings is 3. The summed E-state index contributed by atoms with van der Waals surface area (Å²) >= 11 is 0. The van der Waals surface area contributed by atoms with Crippen molar-refractivity contribution in [3.8, 4) is 11.5 Å². The largest absolute Gasteiger partial charge is 0.507 e. The van der Waals surface area contributed by atoms with Gasteiger partial charge in [0.2, 0.25) is 12.1 Å². The highest BCUT2D eigenvalue weighted by atomic mass is 16.7. The summed E-state index contributed by atoms with van der Waals surface area (Å²) in [6, 6.07) is 15.4. The van der Waals surface area contributed by atoms with Crippen molar-refractivity contribution in [3.05, 3.63) is 94.0 Å². The van der Waals surface area contributed by atoms with Gasteiger partial charge in [0.15, 0.2) is 0 Å². The van der Waals surface area contributed by atoms with Gasteiger partial charge in [-0.1, -0.05) is 36.4 Å². The van der Waals surface area contributed by atoms with Gasteiger partial charge in [0, 0.05) is 5.92 Å². The second kappa shape index (κ2) is 9.03. The van der Waals surface area contributed by atoms with Crippen molar-refractivity contribution in [2.75, 3.05) is 0 Å². The van der Waals surface area contributed by atoms with Crippen molar-refractivity contribution in [1.29, 1.82) is 0 Å². The maximum Gasteiger partial charge on any atom is 0.340 e. The van der Waals surface area contributed by atoms with Crippen LogP contribution in [-0.4, -0.2) is 68.0 Å². The number of phenolic OH excluding ortho intramolecular Hbond substituents is 2. The number of hydrogen-bond donors (Lipinski definition) is 5. The second-order valence-corrected chi connectivity index (χ2v) is 9.01. The number of rotatable bonds is 3. The number of esters is 1. The Morgan fingerprint density at radius 2 is 1.53 bits per heavy atom. The molecule has 1 fully saturated rings. The van der Waals surface area contributed by atoms with E-state index in [1.165, 1.54) is 30.3 Å². The van der Waals surface area contributed by atoms with Crippen molar-refractivity contribution >= 4 is 11.8 Å². The molecule has 2 aliphatic rings. The average molecular weight is 492 g/mol. The predicted octanol–water partition coefficient (Wildman–Crippen LogP) is 1.75. The lowest BCUT2D eigenvalue weighted by Gasteiger charge is -2.44. The van der Waals surface area contributed by atoms with E-state index in [0.29, 0.717) is 16.7 Å². The van der Waals surface area contributed by atoms with Crippen LogP contribution in [0.3, 0.4) is 0 Å². The fourth-order valence-electron chi connectivity index (χ4n) is 4.99. The summed E-state index contributed by atoms with van der Waals surface area (Å²) in [4.78, 5) is 25.9. The highest BCUT2D eigenvalue weighted by Crippen LogP contribution is 2.47. The Hall–Kier alpha value is -3.76. The molecule has 9 nitrogen and oxygen atoms in total. The summed E-state index contributed by atoms with van der Waals surface area (Å²) < 4.78 is 11.3. The molecular weight excluding hydrogens is 468 g/mol. The third-order valence-corrected chi connectivity index (χ3v) is 6.66. The zero-order valence-electron chi connectivity index (χ0n) is 19.1. The quantitative estimate of drug-likeness (QED) is 0.344. The first-order chi connectivity index (χ1) is 17.2. The summed E-state index contributed by atoms with van der Waals surface area (Å²) in [5.41, 5.74) is 1.24. The first-order valence-electron chi connectivity index (χ1n) is 11.3. The van der Waals surface area contributed by atoms with Crippen molar-refractivity contribution in [2.45, 2.75) is 43.5 Å². The molecule has 1 aliphatic heterocycles. The molecule has 1 saturated heterocycles. The first-order valence-corrected chi connectivity index (χ1v) is 11.3. The van der Waals surface area contributed by atoms with Crippen molar-refractivity contribution in [3.63, 3.8) is 0 Å². The van der Waals surface area contributed by atoms with E-state index in [0.717, 1.165) is 0 Å². The molecule has 9 heteroatoms. The van der Waals surface area contributed by atoms with Gasteiger partial charge < -0.3 is 35.0 Å². The smallest absolute Gasteiger partial charge is 0.340 e. The number of aliphatic hydroxyl groups is 3. The fraction of sp³-hybridized carbons (Fsp3) is 0.259. The van der Waals surface area contributed by atoms with Crippen LogP contribution in [0.15, 0.2) is 60.7 Å². The SMILES string of the molecule is Cc1cc(O)c2c(c1)[C@@H]([C@H]1O[C@H](OC(=O)c3ccccc3)[C@@H](O)[C@@H](O)[C@@H]1O)c1cccc(O)c1C2=O. The van der Waals surface area contributed by atoms with Gasteiger partial charge in [-0.2, -0.15) is 0 Å². The number of ether oxygens (including phenoxy) is 2. The molecule has 0 saturated carbocycles. The molecule has 5 rings (SSSR count). The maximum absolute atomic E-state index is 13.3. The molecule has 0 spiro atoms. The lowest BCUT2D eigenvalue weighted by Crippen LogP contribution is -2.60. The molecule has 36 heavy (non-hydrogen) atoms. The zero-order chi connectivity index (χ0) is 25.7. The van der Waals surface area contributed by atoms with Crippen LogP contribution < -0.4 is 0 Å². The summed E-state index contributed by atoms with van der Waals surface area (Å²) in [6.45, 7) is 1.71. The summed E-state index contributed by atoms with van der Waals surface area (Å²) in [5, 5.41) is 53.3. The first kappa shape index (κ1) is 24.0. The van der Waals surface area contributed by atoms with E-state index in [4.69, 9.17) is 9.47 Å². The topological polar surface area (TPSA) is 154 Å². The normalized spacial score (nSPS) is 27.2. The van der Waals surface area contributed by atoms with Crippen LogP contribution in [0.1, 0.15) is 48.9 Å². The van der Waals surface area contributed by atoms with E-state index in [9.17, 15) is 35.1 Å². The van der Waals surface area contributed by atoms with Gasteiger partial charge in [-0.3, -0.25) is 4.79 Å². The summed E-state index contributed by atoms with van der Waals surface area (Å²) in [6.07, 6.45) is -8.18. The van der Waals surface area contributed by atoms with Gasteiger partial charge >= 0.3 is 5.97 Å². The van der Waals surface area contributed by atoms with Gasteiger partial charge in [-0.25, -0.2) is 4.79 Å². The molecule has 0 radical (unpaired) electrons. The average Bonchev–Trinajstić information content (AvgIpc) is 2.85. The molecule has 0 amide bonds. The third kappa shape index (κ3) is 3.82. The van der Waals surface area contributed by atoms with Crippen LogP contribution in [0.4, 0.5) is 0 Å².